The van der Waals surface area contributed by atoms with Crippen LogP contribution in [0.5, 0.6) is 11.5 Å². The summed E-state index contributed by atoms with van der Waals surface area (Å²) in [6.45, 7) is 2.31. The number of methoxy groups -OCH3 is 1. The van der Waals surface area contributed by atoms with Crippen LogP contribution in [0.25, 0.3) is 6.08 Å². The fourth-order valence-corrected chi connectivity index (χ4v) is 3.03. The molecule has 1 aliphatic heterocycles. The van der Waals surface area contributed by atoms with Gasteiger partial charge in [-0.05, 0) is 58.8 Å². The zero-order valence-electron chi connectivity index (χ0n) is 14.4. The first kappa shape index (κ1) is 19.0. The molecule has 0 saturated heterocycles. The minimum absolute atomic E-state index is 0.0214. The molecule has 8 heteroatoms. The Balaban J connectivity index is 1.98. The van der Waals surface area contributed by atoms with Crippen molar-refractivity contribution in [1.82, 2.24) is 0 Å². The Morgan fingerprint density at radius 2 is 2.04 bits per heavy atom. The van der Waals surface area contributed by atoms with Gasteiger partial charge in [-0.2, -0.15) is 0 Å². The Labute approximate surface area is 162 Å². The number of halogens is 3. The molecule has 0 atom stereocenters. The lowest BCUT2D eigenvalue weighted by Crippen LogP contribution is -2.07. The van der Waals surface area contributed by atoms with Gasteiger partial charge in [0.1, 0.15) is 11.6 Å². The van der Waals surface area contributed by atoms with E-state index in [1.807, 2.05) is 6.92 Å². The van der Waals surface area contributed by atoms with Gasteiger partial charge in [0.25, 0.3) is 0 Å². The molecule has 1 aliphatic rings. The van der Waals surface area contributed by atoms with Gasteiger partial charge in [0.05, 0.1) is 23.8 Å². The lowest BCUT2D eigenvalue weighted by Gasteiger charge is -2.12. The molecule has 140 valence electrons. The summed E-state index contributed by atoms with van der Waals surface area (Å²) >= 11 is 3.40. The van der Waals surface area contributed by atoms with Gasteiger partial charge >= 0.3 is 5.97 Å². The van der Waals surface area contributed by atoms with E-state index >= 15 is 0 Å². The van der Waals surface area contributed by atoms with E-state index < -0.39 is 17.6 Å². The average Bonchev–Trinajstić information content (AvgIpc) is 2.97. The molecule has 3 rings (SSSR count). The van der Waals surface area contributed by atoms with Crippen LogP contribution in [-0.2, 0) is 9.53 Å². The van der Waals surface area contributed by atoms with E-state index in [0.717, 1.165) is 12.1 Å². The molecular weight excluding hydrogens is 424 g/mol. The molecule has 0 unspecified atom stereocenters. The van der Waals surface area contributed by atoms with Crippen molar-refractivity contribution >= 4 is 33.9 Å². The number of hydrogen-bond donors (Lipinski definition) is 0. The third-order valence-electron chi connectivity index (χ3n) is 3.63. The van der Waals surface area contributed by atoms with Gasteiger partial charge in [0.2, 0.25) is 5.90 Å². The van der Waals surface area contributed by atoms with Crippen molar-refractivity contribution in [2.75, 3.05) is 13.7 Å². The number of carbonyl (C=O) groups excluding carboxylic acids is 1. The number of ether oxygens (including phenoxy) is 3. The van der Waals surface area contributed by atoms with Crippen LogP contribution in [-0.4, -0.2) is 25.6 Å². The standard InChI is InChI=1S/C19H14BrF2NO4/c1-3-26-17-13(20)6-10(8-16(17)25-2)7-15-19(24)27-18(23-15)12-5-4-11(21)9-14(12)22/h4-9H,3H2,1-2H3/b15-7+. The number of cyclic esters (lactones) is 1. The van der Waals surface area contributed by atoms with E-state index in [-0.39, 0.29) is 17.2 Å². The van der Waals surface area contributed by atoms with E-state index in [4.69, 9.17) is 14.2 Å². The zero-order valence-corrected chi connectivity index (χ0v) is 16.0. The molecule has 0 radical (unpaired) electrons. The number of benzene rings is 2. The maximum Gasteiger partial charge on any atom is 0.363 e. The smallest absolute Gasteiger partial charge is 0.363 e. The molecule has 0 aliphatic carbocycles. The van der Waals surface area contributed by atoms with Crippen LogP contribution in [0.4, 0.5) is 8.78 Å². The Morgan fingerprint density at radius 1 is 1.26 bits per heavy atom. The van der Waals surface area contributed by atoms with Crippen LogP contribution in [0.1, 0.15) is 18.1 Å². The predicted octanol–water partition coefficient (Wildman–Crippen LogP) is 4.48. The Hall–Kier alpha value is -2.74. The second-order valence-corrected chi connectivity index (χ2v) is 6.28. The highest BCUT2D eigenvalue weighted by atomic mass is 79.9. The monoisotopic (exact) mass is 437 g/mol. The van der Waals surface area contributed by atoms with Crippen LogP contribution in [0, 0.1) is 11.6 Å². The highest BCUT2D eigenvalue weighted by molar-refractivity contribution is 9.10. The zero-order chi connectivity index (χ0) is 19.6. The summed E-state index contributed by atoms with van der Waals surface area (Å²) in [5.74, 6) is -1.55. The van der Waals surface area contributed by atoms with Gasteiger partial charge in [-0.3, -0.25) is 0 Å². The topological polar surface area (TPSA) is 57.1 Å². The largest absolute Gasteiger partial charge is 0.493 e. The molecule has 0 fully saturated rings. The Bertz CT molecular complexity index is 972. The lowest BCUT2D eigenvalue weighted by molar-refractivity contribution is -0.129. The Morgan fingerprint density at radius 3 is 2.70 bits per heavy atom. The molecule has 0 amide bonds. The maximum atomic E-state index is 13.9. The van der Waals surface area contributed by atoms with Crippen LogP contribution in [0.3, 0.4) is 0 Å². The van der Waals surface area contributed by atoms with Crippen molar-refractivity contribution in [2.45, 2.75) is 6.92 Å². The van der Waals surface area contributed by atoms with E-state index in [9.17, 15) is 13.6 Å². The molecule has 1 heterocycles. The van der Waals surface area contributed by atoms with Gasteiger partial charge in [0.15, 0.2) is 17.2 Å². The van der Waals surface area contributed by atoms with E-state index in [2.05, 4.69) is 20.9 Å². The van der Waals surface area contributed by atoms with Crippen LogP contribution in [0.15, 0.2) is 45.5 Å². The summed E-state index contributed by atoms with van der Waals surface area (Å²) in [4.78, 5) is 16.1. The summed E-state index contributed by atoms with van der Waals surface area (Å²) in [5, 5.41) is 0. The van der Waals surface area contributed by atoms with Gasteiger partial charge in [0, 0.05) is 6.07 Å². The molecule has 0 N–H and O–H groups in total. The van der Waals surface area contributed by atoms with Gasteiger partial charge in [-0.25, -0.2) is 18.6 Å². The number of esters is 1. The van der Waals surface area contributed by atoms with Crippen molar-refractivity contribution in [3.63, 3.8) is 0 Å². The van der Waals surface area contributed by atoms with Crippen LogP contribution < -0.4 is 9.47 Å². The fraction of sp³-hybridized carbons (Fsp3) is 0.158. The van der Waals surface area contributed by atoms with Crippen molar-refractivity contribution in [2.24, 2.45) is 4.99 Å². The summed E-state index contributed by atoms with van der Waals surface area (Å²) in [6, 6.07) is 6.31. The number of aliphatic imine (C=N–C) groups is 1. The van der Waals surface area contributed by atoms with Crippen molar-refractivity contribution < 1.29 is 27.8 Å². The van der Waals surface area contributed by atoms with Crippen molar-refractivity contribution in [1.29, 1.82) is 0 Å². The number of hydrogen-bond acceptors (Lipinski definition) is 5. The summed E-state index contributed by atoms with van der Waals surface area (Å²) in [6.07, 6.45) is 1.47. The first-order valence-corrected chi connectivity index (χ1v) is 8.70. The quantitative estimate of drug-likeness (QED) is 0.511. The second-order valence-electron chi connectivity index (χ2n) is 5.43. The van der Waals surface area contributed by atoms with Gasteiger partial charge in [-0.15, -0.1) is 0 Å². The summed E-state index contributed by atoms with van der Waals surface area (Å²) < 4.78 is 43.4. The molecule has 27 heavy (non-hydrogen) atoms. The molecule has 5 nitrogen and oxygen atoms in total. The average molecular weight is 438 g/mol. The highest BCUT2D eigenvalue weighted by Gasteiger charge is 2.26. The van der Waals surface area contributed by atoms with Gasteiger partial charge < -0.3 is 14.2 Å². The lowest BCUT2D eigenvalue weighted by atomic mass is 10.1. The minimum Gasteiger partial charge on any atom is -0.493 e. The molecule has 0 saturated carbocycles. The molecule has 0 aromatic heterocycles. The molecule has 2 aromatic carbocycles. The van der Waals surface area contributed by atoms with E-state index in [1.54, 1.807) is 12.1 Å². The first-order chi connectivity index (χ1) is 12.9. The molecular formula is C19H14BrF2NO4. The number of rotatable bonds is 5. The Kier molecular flexibility index (Phi) is 5.55. The third kappa shape index (κ3) is 4.00. The van der Waals surface area contributed by atoms with E-state index in [1.165, 1.54) is 13.2 Å². The van der Waals surface area contributed by atoms with Crippen LogP contribution >= 0.6 is 15.9 Å². The minimum atomic E-state index is -0.867. The number of nitrogens with zero attached hydrogens (tertiary/aromatic N) is 1. The van der Waals surface area contributed by atoms with Gasteiger partial charge in [-0.1, -0.05) is 0 Å². The SMILES string of the molecule is CCOc1c(Br)cc(/C=C2/N=C(c3ccc(F)cc3F)OC2=O)cc1OC. The molecule has 0 bridgehead atoms. The molecule has 2 aromatic rings. The van der Waals surface area contributed by atoms with E-state index in [0.29, 0.717) is 34.2 Å². The first-order valence-electron chi connectivity index (χ1n) is 7.91. The second kappa shape index (κ2) is 7.87. The third-order valence-corrected chi connectivity index (χ3v) is 4.21. The maximum absolute atomic E-state index is 13.9. The fourth-order valence-electron chi connectivity index (χ4n) is 2.45. The van der Waals surface area contributed by atoms with Crippen molar-refractivity contribution in [3.8, 4) is 11.5 Å². The highest BCUT2D eigenvalue weighted by Crippen LogP contribution is 2.37. The number of carbonyl (C=O) groups is 1. The molecule has 0 spiro atoms. The van der Waals surface area contributed by atoms with Crippen LogP contribution in [0.2, 0.25) is 0 Å². The van der Waals surface area contributed by atoms with Crippen molar-refractivity contribution in [3.05, 3.63) is 63.3 Å². The predicted molar refractivity (Wildman–Crippen MR) is 98.8 cm³/mol. The summed E-state index contributed by atoms with van der Waals surface area (Å²) in [5.41, 5.74) is 0.476. The normalized spacial score (nSPS) is 14.9. The summed E-state index contributed by atoms with van der Waals surface area (Å²) in [7, 11) is 1.50.